The second-order valence-electron chi connectivity index (χ2n) is 2.90. The molecule has 1 rings (SSSR count). The molecule has 1 aromatic carbocycles. The van der Waals surface area contributed by atoms with Gasteiger partial charge >= 0.3 is 0 Å². The van der Waals surface area contributed by atoms with Gasteiger partial charge in [0.05, 0.1) is 18.2 Å². The average molecular weight is 279 g/mol. The first-order valence-electron chi connectivity index (χ1n) is 4.14. The van der Waals surface area contributed by atoms with E-state index in [0.29, 0.717) is 4.47 Å². The van der Waals surface area contributed by atoms with Gasteiger partial charge in [0.15, 0.2) is 5.78 Å². The summed E-state index contributed by atoms with van der Waals surface area (Å²) in [4.78, 5) is 11.3. The smallest absolute Gasteiger partial charge is 0.267 e. The third-order valence-electron chi connectivity index (χ3n) is 1.93. The van der Waals surface area contributed by atoms with Gasteiger partial charge in [0.25, 0.3) is 6.43 Å². The van der Waals surface area contributed by atoms with Crippen LogP contribution in [0, 0.1) is 0 Å². The van der Waals surface area contributed by atoms with Crippen molar-refractivity contribution < 1.29 is 18.3 Å². The van der Waals surface area contributed by atoms with Gasteiger partial charge in [-0.2, -0.15) is 0 Å². The molecular weight excluding hydrogens is 270 g/mol. The van der Waals surface area contributed by atoms with Crippen LogP contribution in [0.1, 0.15) is 29.3 Å². The standard InChI is InChI=1S/C10H9BrF2O2/c1-5(14)8-7(11)4-3-6(10(12)13)9(8)15-2/h3-4,10H,1-2H3. The van der Waals surface area contributed by atoms with Gasteiger partial charge in [-0.15, -0.1) is 0 Å². The minimum atomic E-state index is -2.66. The monoisotopic (exact) mass is 278 g/mol. The molecule has 0 amide bonds. The van der Waals surface area contributed by atoms with E-state index in [1.54, 1.807) is 0 Å². The molecule has 0 aliphatic carbocycles. The number of benzene rings is 1. The lowest BCUT2D eigenvalue weighted by Crippen LogP contribution is -2.03. The number of ketones is 1. The Kier molecular flexibility index (Phi) is 3.79. The van der Waals surface area contributed by atoms with E-state index in [1.165, 1.54) is 26.2 Å². The molecule has 0 aliphatic heterocycles. The van der Waals surface area contributed by atoms with Gasteiger partial charge in [-0.1, -0.05) is 0 Å². The van der Waals surface area contributed by atoms with Crippen LogP contribution >= 0.6 is 15.9 Å². The number of rotatable bonds is 3. The van der Waals surface area contributed by atoms with Gasteiger partial charge in [0.2, 0.25) is 0 Å². The molecule has 82 valence electrons. The highest BCUT2D eigenvalue weighted by Crippen LogP contribution is 2.36. The summed E-state index contributed by atoms with van der Waals surface area (Å²) in [7, 11) is 1.26. The van der Waals surface area contributed by atoms with E-state index in [9.17, 15) is 13.6 Å². The Balaban J connectivity index is 3.47. The Labute approximate surface area is 94.4 Å². The number of carbonyl (C=O) groups is 1. The first-order chi connectivity index (χ1) is 6.99. The van der Waals surface area contributed by atoms with Crippen molar-refractivity contribution in [1.29, 1.82) is 0 Å². The fourth-order valence-corrected chi connectivity index (χ4v) is 1.89. The van der Waals surface area contributed by atoms with E-state index < -0.39 is 6.43 Å². The van der Waals surface area contributed by atoms with Crippen molar-refractivity contribution in [1.82, 2.24) is 0 Å². The van der Waals surface area contributed by atoms with Gasteiger partial charge in [0.1, 0.15) is 5.75 Å². The Hall–Kier alpha value is -0.970. The SMILES string of the molecule is COc1c(C(F)F)ccc(Br)c1C(C)=O. The maximum absolute atomic E-state index is 12.6. The number of ether oxygens (including phenoxy) is 1. The number of hydrogen-bond acceptors (Lipinski definition) is 2. The molecule has 0 atom stereocenters. The summed E-state index contributed by atoms with van der Waals surface area (Å²) in [5.41, 5.74) is -0.124. The third-order valence-corrected chi connectivity index (χ3v) is 2.59. The van der Waals surface area contributed by atoms with Crippen LogP contribution < -0.4 is 4.74 Å². The predicted octanol–water partition coefficient (Wildman–Crippen LogP) is 3.60. The Morgan fingerprint density at radius 3 is 2.47 bits per heavy atom. The van der Waals surface area contributed by atoms with Gasteiger partial charge in [-0.25, -0.2) is 8.78 Å². The summed E-state index contributed by atoms with van der Waals surface area (Å²) >= 11 is 3.13. The van der Waals surface area contributed by atoms with Gasteiger partial charge in [-0.3, -0.25) is 4.79 Å². The Morgan fingerprint density at radius 1 is 1.47 bits per heavy atom. The van der Waals surface area contributed by atoms with E-state index in [4.69, 9.17) is 4.74 Å². The minimum Gasteiger partial charge on any atom is -0.495 e. The first-order valence-corrected chi connectivity index (χ1v) is 4.93. The molecule has 0 bridgehead atoms. The average Bonchev–Trinajstić information content (AvgIpc) is 2.15. The van der Waals surface area contributed by atoms with Gasteiger partial charge < -0.3 is 4.74 Å². The molecule has 0 unspecified atom stereocenters. The molecule has 0 saturated carbocycles. The van der Waals surface area contributed by atoms with E-state index in [-0.39, 0.29) is 22.7 Å². The van der Waals surface area contributed by atoms with E-state index >= 15 is 0 Å². The molecule has 0 aromatic heterocycles. The molecule has 0 heterocycles. The second kappa shape index (κ2) is 4.70. The molecule has 15 heavy (non-hydrogen) atoms. The molecule has 1 aromatic rings. The lowest BCUT2D eigenvalue weighted by Gasteiger charge is -2.12. The van der Waals surface area contributed by atoms with Crippen molar-refractivity contribution in [2.24, 2.45) is 0 Å². The number of hydrogen-bond donors (Lipinski definition) is 0. The normalized spacial score (nSPS) is 10.5. The van der Waals surface area contributed by atoms with Crippen molar-refractivity contribution in [3.63, 3.8) is 0 Å². The largest absolute Gasteiger partial charge is 0.495 e. The van der Waals surface area contributed by atoms with Crippen LogP contribution in [0.3, 0.4) is 0 Å². The molecule has 0 spiro atoms. The van der Waals surface area contributed by atoms with Gasteiger partial charge in [0, 0.05) is 4.47 Å². The summed E-state index contributed by atoms with van der Waals surface area (Å²) in [6, 6.07) is 2.65. The zero-order chi connectivity index (χ0) is 11.6. The van der Waals surface area contributed by atoms with Crippen molar-refractivity contribution in [3.8, 4) is 5.75 Å². The molecule has 0 saturated heterocycles. The van der Waals surface area contributed by atoms with Crippen LogP contribution in [0.5, 0.6) is 5.75 Å². The lowest BCUT2D eigenvalue weighted by molar-refractivity contribution is 0.101. The number of Topliss-reactive ketones (excluding diaryl/α,β-unsaturated/α-hetero) is 1. The highest BCUT2D eigenvalue weighted by molar-refractivity contribution is 9.10. The van der Waals surface area contributed by atoms with Crippen LogP contribution in [0.15, 0.2) is 16.6 Å². The molecule has 5 heteroatoms. The molecule has 0 aliphatic rings. The zero-order valence-electron chi connectivity index (χ0n) is 8.18. The maximum atomic E-state index is 12.6. The first kappa shape index (κ1) is 12.1. The van der Waals surface area contributed by atoms with E-state index in [0.717, 1.165) is 0 Å². The maximum Gasteiger partial charge on any atom is 0.267 e. The summed E-state index contributed by atoms with van der Waals surface area (Å²) < 4.78 is 30.5. The summed E-state index contributed by atoms with van der Waals surface area (Å²) in [6.07, 6.45) is -2.66. The van der Waals surface area contributed by atoms with Crippen LogP contribution in [-0.4, -0.2) is 12.9 Å². The van der Waals surface area contributed by atoms with Crippen molar-refractivity contribution in [2.75, 3.05) is 7.11 Å². The summed E-state index contributed by atoms with van der Waals surface area (Å²) in [5, 5.41) is 0. The molecule has 0 N–H and O–H groups in total. The quantitative estimate of drug-likeness (QED) is 0.790. The second-order valence-corrected chi connectivity index (χ2v) is 3.76. The topological polar surface area (TPSA) is 26.3 Å². The minimum absolute atomic E-state index is 0.0631. The van der Waals surface area contributed by atoms with Crippen LogP contribution in [0.25, 0.3) is 0 Å². The number of halogens is 3. The van der Waals surface area contributed by atoms with Crippen molar-refractivity contribution >= 4 is 21.7 Å². The lowest BCUT2D eigenvalue weighted by atomic mass is 10.1. The fourth-order valence-electron chi connectivity index (χ4n) is 1.29. The summed E-state index contributed by atoms with van der Waals surface area (Å²) in [6.45, 7) is 1.30. The highest BCUT2D eigenvalue weighted by Gasteiger charge is 2.21. The molecule has 0 radical (unpaired) electrons. The van der Waals surface area contributed by atoms with Gasteiger partial charge in [-0.05, 0) is 35.0 Å². The van der Waals surface area contributed by atoms with Crippen LogP contribution in [-0.2, 0) is 0 Å². The Bertz CT molecular complexity index is 391. The highest BCUT2D eigenvalue weighted by atomic mass is 79.9. The Morgan fingerprint density at radius 2 is 2.07 bits per heavy atom. The zero-order valence-corrected chi connectivity index (χ0v) is 9.77. The fraction of sp³-hybridized carbons (Fsp3) is 0.300. The van der Waals surface area contributed by atoms with Crippen molar-refractivity contribution in [3.05, 3.63) is 27.7 Å². The number of alkyl halides is 2. The number of methoxy groups -OCH3 is 1. The molecule has 2 nitrogen and oxygen atoms in total. The van der Waals surface area contributed by atoms with E-state index in [2.05, 4.69) is 15.9 Å². The summed E-state index contributed by atoms with van der Waals surface area (Å²) in [5.74, 6) is -0.381. The third kappa shape index (κ3) is 2.34. The predicted molar refractivity (Wildman–Crippen MR) is 55.7 cm³/mol. The van der Waals surface area contributed by atoms with Crippen LogP contribution in [0.2, 0.25) is 0 Å². The molecular formula is C10H9BrF2O2. The van der Waals surface area contributed by atoms with Crippen molar-refractivity contribution in [2.45, 2.75) is 13.3 Å². The number of carbonyl (C=O) groups excluding carboxylic acids is 1. The molecule has 0 fully saturated rings. The van der Waals surface area contributed by atoms with E-state index in [1.807, 2.05) is 0 Å². The van der Waals surface area contributed by atoms with Crippen LogP contribution in [0.4, 0.5) is 8.78 Å².